The van der Waals surface area contributed by atoms with Gasteiger partial charge in [-0.25, -0.2) is 0 Å². The third-order valence-electron chi connectivity index (χ3n) is 6.35. The summed E-state index contributed by atoms with van der Waals surface area (Å²) < 4.78 is 17.0. The quantitative estimate of drug-likeness (QED) is 0.740. The number of fused-ring (bicyclic) bond motifs is 1. The van der Waals surface area contributed by atoms with Crippen molar-refractivity contribution >= 4 is 17.5 Å². The second-order valence-electron chi connectivity index (χ2n) is 8.93. The summed E-state index contributed by atoms with van der Waals surface area (Å²) in [7, 11) is 7.06. The molecule has 1 aliphatic rings. The fourth-order valence-electron chi connectivity index (χ4n) is 4.00. The van der Waals surface area contributed by atoms with Crippen LogP contribution in [-0.2, 0) is 4.74 Å². The summed E-state index contributed by atoms with van der Waals surface area (Å²) in [6.45, 7) is 5.90. The number of carbonyl (C=O) groups excluding carboxylic acids is 2. The van der Waals surface area contributed by atoms with Crippen molar-refractivity contribution < 1.29 is 23.8 Å². The average Bonchev–Trinajstić information content (AvgIpc) is 2.84. The minimum atomic E-state index is -0.277. The van der Waals surface area contributed by atoms with Crippen molar-refractivity contribution in [2.24, 2.45) is 5.92 Å². The van der Waals surface area contributed by atoms with E-state index < -0.39 is 0 Å². The van der Waals surface area contributed by atoms with E-state index in [2.05, 4.69) is 31.1 Å². The van der Waals surface area contributed by atoms with Gasteiger partial charge in [0.1, 0.15) is 18.1 Å². The predicted octanol–water partition coefficient (Wildman–Crippen LogP) is 3.38. The number of hydrogen-bond acceptors (Lipinski definition) is 6. The summed E-state index contributed by atoms with van der Waals surface area (Å²) in [6.07, 6.45) is -0.0891. The zero-order valence-corrected chi connectivity index (χ0v) is 20.8. The molecule has 0 unspecified atom stereocenters. The molecule has 2 aromatic carbocycles. The first-order chi connectivity index (χ1) is 16.2. The second kappa shape index (κ2) is 11.4. The number of hydrogen-bond donors (Lipinski definition) is 1. The molecule has 0 spiro atoms. The lowest BCUT2D eigenvalue weighted by Crippen LogP contribution is -2.45. The van der Waals surface area contributed by atoms with Crippen LogP contribution in [0.1, 0.15) is 34.6 Å². The van der Waals surface area contributed by atoms with Gasteiger partial charge in [0, 0.05) is 50.6 Å². The molecule has 1 heterocycles. The first-order valence-electron chi connectivity index (χ1n) is 11.4. The Hall–Kier alpha value is -3.10. The predicted molar refractivity (Wildman–Crippen MR) is 132 cm³/mol. The highest BCUT2D eigenvalue weighted by molar-refractivity contribution is 6.05. The van der Waals surface area contributed by atoms with Crippen LogP contribution < -0.4 is 14.8 Å². The lowest BCUT2D eigenvalue weighted by Gasteiger charge is -2.34. The Kier molecular flexibility index (Phi) is 8.52. The largest absolute Gasteiger partial charge is 0.497 e. The van der Waals surface area contributed by atoms with Crippen LogP contribution in [0.4, 0.5) is 5.69 Å². The Morgan fingerprint density at radius 1 is 1.09 bits per heavy atom. The molecule has 2 aromatic rings. The van der Waals surface area contributed by atoms with Gasteiger partial charge in [-0.15, -0.1) is 0 Å². The molecule has 2 amide bonds. The first-order valence-corrected chi connectivity index (χ1v) is 11.4. The Morgan fingerprint density at radius 3 is 2.56 bits per heavy atom. The molecule has 3 atom stereocenters. The number of anilines is 1. The summed E-state index contributed by atoms with van der Waals surface area (Å²) >= 11 is 0. The van der Waals surface area contributed by atoms with Gasteiger partial charge in [0.25, 0.3) is 11.8 Å². The maximum atomic E-state index is 13.3. The molecular weight excluding hydrogens is 434 g/mol. The number of benzene rings is 2. The Bertz CT molecular complexity index is 1010. The Morgan fingerprint density at radius 2 is 1.85 bits per heavy atom. The monoisotopic (exact) mass is 469 g/mol. The van der Waals surface area contributed by atoms with E-state index in [9.17, 15) is 9.59 Å². The van der Waals surface area contributed by atoms with Gasteiger partial charge >= 0.3 is 0 Å². The highest BCUT2D eigenvalue weighted by Gasteiger charge is 2.27. The summed E-state index contributed by atoms with van der Waals surface area (Å²) in [5, 5.41) is 2.88. The summed E-state index contributed by atoms with van der Waals surface area (Å²) in [4.78, 5) is 29.9. The fraction of sp³-hybridized carbons (Fsp3) is 0.462. The van der Waals surface area contributed by atoms with Crippen molar-refractivity contribution in [3.05, 3.63) is 53.6 Å². The highest BCUT2D eigenvalue weighted by Crippen LogP contribution is 2.27. The molecule has 8 nitrogen and oxygen atoms in total. The topological polar surface area (TPSA) is 80.3 Å². The lowest BCUT2D eigenvalue weighted by molar-refractivity contribution is 0.0150. The summed E-state index contributed by atoms with van der Waals surface area (Å²) in [5.41, 5.74) is 1.46. The van der Waals surface area contributed by atoms with Gasteiger partial charge in [0.05, 0.1) is 18.8 Å². The number of rotatable bonds is 4. The molecule has 1 N–H and O–H groups in total. The standard InChI is InChI=1S/C26H35N3O5/c1-17-14-28(3)18(2)16-34-23-13-20(27-25(30)19-8-7-9-21(12-19)32-5)10-11-22(23)26(31)29(4)15-24(17)33-6/h7-13,17-18,24H,14-16H2,1-6H3,(H,27,30)/t17-,18-,24-/m0/s1. The van der Waals surface area contributed by atoms with E-state index in [4.69, 9.17) is 14.2 Å². The maximum absolute atomic E-state index is 13.3. The molecule has 0 fully saturated rings. The van der Waals surface area contributed by atoms with E-state index in [1.165, 1.54) is 0 Å². The highest BCUT2D eigenvalue weighted by atomic mass is 16.5. The summed E-state index contributed by atoms with van der Waals surface area (Å²) in [5.74, 6) is 0.838. The molecule has 0 aromatic heterocycles. The van der Waals surface area contributed by atoms with Crippen LogP contribution in [-0.4, -0.2) is 81.8 Å². The van der Waals surface area contributed by atoms with E-state index in [-0.39, 0.29) is 29.9 Å². The van der Waals surface area contributed by atoms with Crippen LogP contribution in [0.25, 0.3) is 0 Å². The molecule has 0 radical (unpaired) electrons. The number of amides is 2. The lowest BCUT2D eigenvalue weighted by atomic mass is 10.0. The molecule has 8 heteroatoms. The fourth-order valence-corrected chi connectivity index (χ4v) is 4.00. The second-order valence-corrected chi connectivity index (χ2v) is 8.93. The number of nitrogens with one attached hydrogen (secondary N) is 1. The number of carbonyl (C=O) groups is 2. The van der Waals surface area contributed by atoms with Crippen molar-refractivity contribution in [2.45, 2.75) is 26.0 Å². The number of ether oxygens (including phenoxy) is 3. The van der Waals surface area contributed by atoms with E-state index >= 15 is 0 Å². The van der Waals surface area contributed by atoms with Gasteiger partial charge in [0.2, 0.25) is 0 Å². The van der Waals surface area contributed by atoms with Crippen LogP contribution in [0.5, 0.6) is 11.5 Å². The molecule has 0 saturated heterocycles. The van der Waals surface area contributed by atoms with Crippen molar-refractivity contribution in [1.29, 1.82) is 0 Å². The minimum Gasteiger partial charge on any atom is -0.497 e. The minimum absolute atomic E-state index is 0.0891. The molecule has 0 aliphatic carbocycles. The van der Waals surface area contributed by atoms with Crippen molar-refractivity contribution in [1.82, 2.24) is 9.80 Å². The molecule has 3 rings (SSSR count). The number of nitrogens with zero attached hydrogens (tertiary/aromatic N) is 2. The molecular formula is C26H35N3O5. The third kappa shape index (κ3) is 6.07. The van der Waals surface area contributed by atoms with Crippen LogP contribution in [0.3, 0.4) is 0 Å². The van der Waals surface area contributed by atoms with Crippen molar-refractivity contribution in [2.75, 3.05) is 53.3 Å². The molecule has 34 heavy (non-hydrogen) atoms. The van der Waals surface area contributed by atoms with Crippen LogP contribution >= 0.6 is 0 Å². The molecule has 184 valence electrons. The third-order valence-corrected chi connectivity index (χ3v) is 6.35. The van der Waals surface area contributed by atoms with Crippen LogP contribution in [0.2, 0.25) is 0 Å². The van der Waals surface area contributed by atoms with E-state index in [1.807, 2.05) is 0 Å². The first kappa shape index (κ1) is 25.5. The van der Waals surface area contributed by atoms with Gasteiger partial charge < -0.3 is 24.4 Å². The number of likely N-dealkylation sites (N-methyl/N-ethyl adjacent to an activating group) is 2. The Labute approximate surface area is 201 Å². The van der Waals surface area contributed by atoms with Crippen LogP contribution in [0, 0.1) is 5.92 Å². The van der Waals surface area contributed by atoms with Gasteiger partial charge in [-0.05, 0) is 50.2 Å². The summed E-state index contributed by atoms with van der Waals surface area (Å²) in [6, 6.07) is 12.2. The molecule has 1 aliphatic heterocycles. The van der Waals surface area contributed by atoms with Gasteiger partial charge in [-0.3, -0.25) is 14.5 Å². The van der Waals surface area contributed by atoms with E-state index in [0.29, 0.717) is 41.5 Å². The normalized spacial score (nSPS) is 22.1. The zero-order valence-electron chi connectivity index (χ0n) is 20.8. The average molecular weight is 470 g/mol. The van der Waals surface area contributed by atoms with Crippen LogP contribution in [0.15, 0.2) is 42.5 Å². The smallest absolute Gasteiger partial charge is 0.257 e. The van der Waals surface area contributed by atoms with E-state index in [0.717, 1.165) is 6.54 Å². The maximum Gasteiger partial charge on any atom is 0.257 e. The van der Waals surface area contributed by atoms with Gasteiger partial charge in [0.15, 0.2) is 0 Å². The van der Waals surface area contributed by atoms with Gasteiger partial charge in [-0.1, -0.05) is 13.0 Å². The number of methoxy groups -OCH3 is 2. The Balaban J connectivity index is 1.89. The molecule has 0 bridgehead atoms. The zero-order chi connectivity index (χ0) is 24.8. The van der Waals surface area contributed by atoms with Gasteiger partial charge in [-0.2, -0.15) is 0 Å². The molecule has 0 saturated carbocycles. The van der Waals surface area contributed by atoms with E-state index in [1.54, 1.807) is 68.6 Å². The SMILES string of the molecule is COc1cccc(C(=O)Nc2ccc3c(c2)OC[C@H](C)N(C)C[C@H](C)[C@@H](OC)CN(C)C3=O)c1. The van der Waals surface area contributed by atoms with Crippen molar-refractivity contribution in [3.63, 3.8) is 0 Å². The van der Waals surface area contributed by atoms with Crippen molar-refractivity contribution in [3.8, 4) is 11.5 Å².